The summed E-state index contributed by atoms with van der Waals surface area (Å²) >= 11 is 0. The van der Waals surface area contributed by atoms with E-state index in [1.807, 2.05) is 6.07 Å². The van der Waals surface area contributed by atoms with Gasteiger partial charge in [-0.15, -0.1) is 0 Å². The largest absolute Gasteiger partial charge is 0.505 e. The lowest BCUT2D eigenvalue weighted by molar-refractivity contribution is 0.108. The number of ether oxygens (including phenoxy) is 1. The molecule has 0 amide bonds. The molecule has 1 N–H and O–H groups in total. The minimum atomic E-state index is -0.0748. The summed E-state index contributed by atoms with van der Waals surface area (Å²) in [6, 6.07) is 3.50. The molecular weight excluding hydrogens is 180 g/mol. The van der Waals surface area contributed by atoms with E-state index in [1.165, 1.54) is 6.20 Å². The Labute approximate surface area is 81.8 Å². The highest BCUT2D eigenvalue weighted by Crippen LogP contribution is 2.28. The Balaban J connectivity index is 2.31. The Kier molecular flexibility index (Phi) is 2.33. The summed E-state index contributed by atoms with van der Waals surface area (Å²) in [4.78, 5) is 4.04. The first kappa shape index (κ1) is 8.97. The molecule has 1 aromatic heterocycles. The normalized spacial score (nSPS) is 20.6. The van der Waals surface area contributed by atoms with Gasteiger partial charge in [-0.25, -0.2) is 0 Å². The first-order valence-corrected chi connectivity index (χ1v) is 4.52. The van der Waals surface area contributed by atoms with Gasteiger partial charge in [0.15, 0.2) is 5.75 Å². The summed E-state index contributed by atoms with van der Waals surface area (Å²) in [6.45, 7) is 0.745. The van der Waals surface area contributed by atoms with Crippen molar-refractivity contribution in [1.82, 2.24) is 4.98 Å². The summed E-state index contributed by atoms with van der Waals surface area (Å²) in [6.07, 6.45) is 3.25. The molecular formula is C10H10N2O2. The monoisotopic (exact) mass is 190 g/mol. The molecule has 72 valence electrons. The van der Waals surface area contributed by atoms with Crippen LogP contribution in [0, 0.1) is 11.3 Å². The maximum atomic E-state index is 9.25. The Morgan fingerprint density at radius 3 is 3.14 bits per heavy atom. The van der Waals surface area contributed by atoms with Gasteiger partial charge in [0.25, 0.3) is 0 Å². The standard InChI is InChI=1S/C10H10N2O2/c11-5-7-4-8(12-6-9(7)13)10-2-1-3-14-10/h4,6,10,13H,1-3H2. The van der Waals surface area contributed by atoms with Gasteiger partial charge in [-0.3, -0.25) is 4.98 Å². The number of nitriles is 1. The van der Waals surface area contributed by atoms with Crippen molar-refractivity contribution >= 4 is 0 Å². The minimum Gasteiger partial charge on any atom is -0.505 e. The topological polar surface area (TPSA) is 66.1 Å². The predicted octanol–water partition coefficient (Wildman–Crippen LogP) is 1.51. The minimum absolute atomic E-state index is 0.0114. The second kappa shape index (κ2) is 3.64. The summed E-state index contributed by atoms with van der Waals surface area (Å²) in [5, 5.41) is 18.0. The van der Waals surface area contributed by atoms with E-state index < -0.39 is 0 Å². The van der Waals surface area contributed by atoms with Crippen LogP contribution in [0.5, 0.6) is 5.75 Å². The van der Waals surface area contributed by atoms with E-state index in [1.54, 1.807) is 6.07 Å². The van der Waals surface area contributed by atoms with Gasteiger partial charge < -0.3 is 9.84 Å². The van der Waals surface area contributed by atoms with Crippen molar-refractivity contribution in [3.63, 3.8) is 0 Å². The van der Waals surface area contributed by atoms with Gasteiger partial charge in [-0.1, -0.05) is 0 Å². The Hall–Kier alpha value is -1.60. The van der Waals surface area contributed by atoms with Crippen LogP contribution in [0.3, 0.4) is 0 Å². The Morgan fingerprint density at radius 1 is 1.64 bits per heavy atom. The van der Waals surface area contributed by atoms with E-state index in [-0.39, 0.29) is 17.4 Å². The number of aromatic nitrogens is 1. The highest BCUT2D eigenvalue weighted by atomic mass is 16.5. The quantitative estimate of drug-likeness (QED) is 0.728. The molecule has 0 aliphatic carbocycles. The third kappa shape index (κ3) is 1.54. The van der Waals surface area contributed by atoms with Crippen LogP contribution in [-0.4, -0.2) is 16.7 Å². The van der Waals surface area contributed by atoms with Gasteiger partial charge >= 0.3 is 0 Å². The Morgan fingerprint density at radius 2 is 2.50 bits per heavy atom. The molecule has 1 aromatic rings. The van der Waals surface area contributed by atoms with Gasteiger partial charge in [0.2, 0.25) is 0 Å². The van der Waals surface area contributed by atoms with Crippen LogP contribution in [0.15, 0.2) is 12.3 Å². The molecule has 0 spiro atoms. The molecule has 0 aromatic carbocycles. The van der Waals surface area contributed by atoms with Crippen LogP contribution >= 0.6 is 0 Å². The lowest BCUT2D eigenvalue weighted by Gasteiger charge is -2.08. The number of aromatic hydroxyl groups is 1. The lowest BCUT2D eigenvalue weighted by atomic mass is 10.1. The third-order valence-corrected chi connectivity index (χ3v) is 2.28. The zero-order valence-corrected chi connectivity index (χ0v) is 7.60. The fraction of sp³-hybridized carbons (Fsp3) is 0.400. The van der Waals surface area contributed by atoms with Gasteiger partial charge in [0.05, 0.1) is 23.6 Å². The van der Waals surface area contributed by atoms with Crippen molar-refractivity contribution in [2.24, 2.45) is 0 Å². The van der Waals surface area contributed by atoms with E-state index in [2.05, 4.69) is 4.98 Å². The van der Waals surface area contributed by atoms with E-state index in [0.29, 0.717) is 0 Å². The first-order valence-electron chi connectivity index (χ1n) is 4.52. The van der Waals surface area contributed by atoms with Gasteiger partial charge in [-0.2, -0.15) is 5.26 Å². The SMILES string of the molecule is N#Cc1cc(C2CCCO2)ncc1O. The smallest absolute Gasteiger partial charge is 0.151 e. The second-order valence-corrected chi connectivity index (χ2v) is 3.24. The maximum absolute atomic E-state index is 9.25. The molecule has 2 heterocycles. The summed E-state index contributed by atoms with van der Waals surface area (Å²) in [5.41, 5.74) is 0.988. The van der Waals surface area contributed by atoms with E-state index in [9.17, 15) is 5.11 Å². The molecule has 1 unspecified atom stereocenters. The van der Waals surface area contributed by atoms with Crippen LogP contribution in [-0.2, 0) is 4.74 Å². The summed E-state index contributed by atoms with van der Waals surface area (Å²) in [7, 11) is 0. The molecule has 1 fully saturated rings. The van der Waals surface area contributed by atoms with Crippen molar-refractivity contribution in [1.29, 1.82) is 5.26 Å². The Bertz CT molecular complexity index is 378. The van der Waals surface area contributed by atoms with Crippen molar-refractivity contribution in [2.75, 3.05) is 6.61 Å². The second-order valence-electron chi connectivity index (χ2n) is 3.24. The molecule has 2 rings (SSSR count). The van der Waals surface area contributed by atoms with Crippen LogP contribution in [0.1, 0.15) is 30.2 Å². The van der Waals surface area contributed by atoms with E-state index in [4.69, 9.17) is 10.00 Å². The highest BCUT2D eigenvalue weighted by Gasteiger charge is 2.19. The lowest BCUT2D eigenvalue weighted by Crippen LogP contribution is -1.99. The maximum Gasteiger partial charge on any atom is 0.151 e. The number of rotatable bonds is 1. The van der Waals surface area contributed by atoms with Crippen LogP contribution in [0.4, 0.5) is 0 Å². The van der Waals surface area contributed by atoms with E-state index >= 15 is 0 Å². The predicted molar refractivity (Wildman–Crippen MR) is 48.5 cm³/mol. The fourth-order valence-electron chi connectivity index (χ4n) is 1.54. The van der Waals surface area contributed by atoms with Crippen molar-refractivity contribution in [3.8, 4) is 11.8 Å². The van der Waals surface area contributed by atoms with Crippen LogP contribution < -0.4 is 0 Å². The molecule has 4 nitrogen and oxygen atoms in total. The highest BCUT2D eigenvalue weighted by molar-refractivity contribution is 5.41. The average Bonchev–Trinajstić information content (AvgIpc) is 2.71. The summed E-state index contributed by atoms with van der Waals surface area (Å²) in [5.74, 6) is -0.0748. The molecule has 14 heavy (non-hydrogen) atoms. The molecule has 1 aliphatic heterocycles. The fourth-order valence-corrected chi connectivity index (χ4v) is 1.54. The van der Waals surface area contributed by atoms with Crippen molar-refractivity contribution < 1.29 is 9.84 Å². The summed E-state index contributed by atoms with van der Waals surface area (Å²) < 4.78 is 5.42. The molecule has 1 atom stereocenters. The number of hydrogen-bond donors (Lipinski definition) is 1. The number of nitrogens with zero attached hydrogens (tertiary/aromatic N) is 2. The van der Waals surface area contributed by atoms with E-state index in [0.717, 1.165) is 25.1 Å². The number of pyridine rings is 1. The average molecular weight is 190 g/mol. The van der Waals surface area contributed by atoms with Gasteiger partial charge in [0.1, 0.15) is 6.07 Å². The zero-order chi connectivity index (χ0) is 9.97. The molecule has 1 saturated heterocycles. The number of hydrogen-bond acceptors (Lipinski definition) is 4. The molecule has 4 heteroatoms. The van der Waals surface area contributed by atoms with Crippen molar-refractivity contribution in [3.05, 3.63) is 23.5 Å². The zero-order valence-electron chi connectivity index (χ0n) is 7.60. The van der Waals surface area contributed by atoms with Crippen LogP contribution in [0.25, 0.3) is 0 Å². The first-order chi connectivity index (χ1) is 6.81. The van der Waals surface area contributed by atoms with Gasteiger partial charge in [-0.05, 0) is 18.9 Å². The molecule has 0 bridgehead atoms. The molecule has 1 aliphatic rings. The third-order valence-electron chi connectivity index (χ3n) is 2.28. The molecule has 0 saturated carbocycles. The van der Waals surface area contributed by atoms with Crippen molar-refractivity contribution in [2.45, 2.75) is 18.9 Å². The van der Waals surface area contributed by atoms with Gasteiger partial charge in [0, 0.05) is 6.61 Å². The molecule has 0 radical (unpaired) electrons. The van der Waals surface area contributed by atoms with Crippen LogP contribution in [0.2, 0.25) is 0 Å².